The molecule has 0 unspecified atom stereocenters. The number of hydrogen-bond donors (Lipinski definition) is 1. The molecule has 7 heteroatoms. The van der Waals surface area contributed by atoms with E-state index in [0.717, 1.165) is 25.2 Å². The minimum atomic E-state index is -0.714. The first-order valence-electron chi connectivity index (χ1n) is 6.50. The molecule has 2 aliphatic heterocycles. The first kappa shape index (κ1) is 13.0. The van der Waals surface area contributed by atoms with Crippen molar-refractivity contribution in [3.63, 3.8) is 0 Å². The number of nitro benzene ring substituents is 1. The van der Waals surface area contributed by atoms with Gasteiger partial charge in [0.05, 0.1) is 11.0 Å². The molecule has 1 amide bonds. The number of fused-ring (bicyclic) bond motifs is 1. The quantitative estimate of drug-likeness (QED) is 0.648. The predicted octanol–water partition coefficient (Wildman–Crippen LogP) is 1.03. The summed E-state index contributed by atoms with van der Waals surface area (Å²) in [5.74, 6) is -0.265. The number of nitrogens with one attached hydrogen (secondary N) is 1. The summed E-state index contributed by atoms with van der Waals surface area (Å²) < 4.78 is 13.1. The largest absolute Gasteiger partial charge is 0.338 e. The Morgan fingerprint density at radius 3 is 2.60 bits per heavy atom. The lowest BCUT2D eigenvalue weighted by Gasteiger charge is -2.17. The summed E-state index contributed by atoms with van der Waals surface area (Å²) in [6, 6.07) is 3.08. The zero-order valence-electron chi connectivity index (χ0n) is 10.7. The maximum atomic E-state index is 13.1. The summed E-state index contributed by atoms with van der Waals surface area (Å²) in [5.41, 5.74) is -0.505. The zero-order valence-corrected chi connectivity index (χ0v) is 10.7. The van der Waals surface area contributed by atoms with Crippen LogP contribution in [0.4, 0.5) is 10.1 Å². The highest BCUT2D eigenvalue weighted by molar-refractivity contribution is 5.98. The van der Waals surface area contributed by atoms with E-state index in [2.05, 4.69) is 5.32 Å². The molecule has 1 aromatic rings. The monoisotopic (exact) mass is 279 g/mol. The molecule has 3 rings (SSSR count). The Hall–Kier alpha value is -2.02. The van der Waals surface area contributed by atoms with Crippen molar-refractivity contribution >= 4 is 11.6 Å². The lowest BCUT2D eigenvalue weighted by Crippen LogP contribution is -2.32. The summed E-state index contributed by atoms with van der Waals surface area (Å²) in [5, 5.41) is 14.2. The van der Waals surface area contributed by atoms with Crippen molar-refractivity contribution in [1.82, 2.24) is 10.2 Å². The fraction of sp³-hybridized carbons (Fsp3) is 0.462. The number of nitro groups is 1. The number of halogens is 1. The van der Waals surface area contributed by atoms with Crippen LogP contribution < -0.4 is 5.32 Å². The van der Waals surface area contributed by atoms with Crippen LogP contribution in [0.2, 0.25) is 0 Å². The number of carbonyl (C=O) groups excluding carboxylic acids is 1. The van der Waals surface area contributed by atoms with E-state index < -0.39 is 16.4 Å². The Labute approximate surface area is 114 Å². The molecule has 0 bridgehead atoms. The molecule has 2 atom stereocenters. The molecule has 0 radical (unpaired) electrons. The SMILES string of the molecule is O=C(c1ccc(F)cc1[N+](=O)[O-])N1C[C@H]2CNC[C@H]2C1. The van der Waals surface area contributed by atoms with Crippen LogP contribution in [0.3, 0.4) is 0 Å². The summed E-state index contributed by atoms with van der Waals surface area (Å²) in [7, 11) is 0. The molecule has 2 saturated heterocycles. The van der Waals surface area contributed by atoms with Crippen LogP contribution in [0.1, 0.15) is 10.4 Å². The number of rotatable bonds is 2. The molecule has 20 heavy (non-hydrogen) atoms. The van der Waals surface area contributed by atoms with Gasteiger partial charge in [-0.2, -0.15) is 0 Å². The highest BCUT2D eigenvalue weighted by atomic mass is 19.1. The van der Waals surface area contributed by atoms with Gasteiger partial charge in [-0.05, 0) is 24.0 Å². The molecule has 2 aliphatic rings. The van der Waals surface area contributed by atoms with Crippen molar-refractivity contribution in [3.05, 3.63) is 39.7 Å². The van der Waals surface area contributed by atoms with E-state index in [-0.39, 0.29) is 11.5 Å². The van der Waals surface area contributed by atoms with Crippen LogP contribution in [0.15, 0.2) is 18.2 Å². The van der Waals surface area contributed by atoms with E-state index in [4.69, 9.17) is 0 Å². The standard InChI is InChI=1S/C13H14FN3O3/c14-10-1-2-11(12(3-10)17(19)20)13(18)16-6-8-4-15-5-9(8)7-16/h1-3,8-9,15H,4-7H2/t8-,9+. The summed E-state index contributed by atoms with van der Waals surface area (Å²) >= 11 is 0. The Morgan fingerprint density at radius 2 is 2.00 bits per heavy atom. The molecule has 6 nitrogen and oxygen atoms in total. The van der Waals surface area contributed by atoms with Crippen LogP contribution in [0.5, 0.6) is 0 Å². The number of carbonyl (C=O) groups is 1. The maximum Gasteiger partial charge on any atom is 0.285 e. The Kier molecular flexibility index (Phi) is 3.13. The highest BCUT2D eigenvalue weighted by Crippen LogP contribution is 2.29. The molecule has 0 aliphatic carbocycles. The van der Waals surface area contributed by atoms with Gasteiger partial charge in [-0.3, -0.25) is 14.9 Å². The topological polar surface area (TPSA) is 75.5 Å². The van der Waals surface area contributed by atoms with Gasteiger partial charge in [0, 0.05) is 26.2 Å². The fourth-order valence-electron chi connectivity index (χ4n) is 3.03. The predicted molar refractivity (Wildman–Crippen MR) is 68.8 cm³/mol. The van der Waals surface area contributed by atoms with Crippen LogP contribution in [-0.2, 0) is 0 Å². The van der Waals surface area contributed by atoms with Gasteiger partial charge < -0.3 is 10.2 Å². The second kappa shape index (κ2) is 4.82. The van der Waals surface area contributed by atoms with Crippen molar-refractivity contribution in [2.24, 2.45) is 11.8 Å². The lowest BCUT2D eigenvalue weighted by molar-refractivity contribution is -0.385. The normalized spacial score (nSPS) is 24.8. The van der Waals surface area contributed by atoms with Crippen molar-refractivity contribution in [3.8, 4) is 0 Å². The first-order chi connectivity index (χ1) is 9.56. The number of hydrogen-bond acceptors (Lipinski definition) is 4. The van der Waals surface area contributed by atoms with Gasteiger partial charge >= 0.3 is 0 Å². The zero-order chi connectivity index (χ0) is 14.3. The van der Waals surface area contributed by atoms with E-state index >= 15 is 0 Å². The van der Waals surface area contributed by atoms with E-state index in [1.807, 2.05) is 0 Å². The van der Waals surface area contributed by atoms with Gasteiger partial charge in [0.1, 0.15) is 11.4 Å². The molecule has 0 aromatic heterocycles. The lowest BCUT2D eigenvalue weighted by atomic mass is 10.0. The molecule has 2 fully saturated rings. The first-order valence-corrected chi connectivity index (χ1v) is 6.50. The van der Waals surface area contributed by atoms with Crippen molar-refractivity contribution in [2.75, 3.05) is 26.2 Å². The highest BCUT2D eigenvalue weighted by Gasteiger charge is 2.39. The molecule has 1 N–H and O–H groups in total. The van der Waals surface area contributed by atoms with Gasteiger partial charge in [-0.25, -0.2) is 4.39 Å². The number of benzene rings is 1. The minimum Gasteiger partial charge on any atom is -0.338 e. The van der Waals surface area contributed by atoms with Crippen LogP contribution in [0, 0.1) is 27.8 Å². The molecule has 106 valence electrons. The second-order valence-electron chi connectivity index (χ2n) is 5.31. The van der Waals surface area contributed by atoms with E-state index in [1.54, 1.807) is 4.90 Å². The van der Waals surface area contributed by atoms with Gasteiger partial charge in [-0.1, -0.05) is 0 Å². The fourth-order valence-corrected chi connectivity index (χ4v) is 3.03. The molecule has 0 spiro atoms. The summed E-state index contributed by atoms with van der Waals surface area (Å²) in [6.45, 7) is 2.95. The van der Waals surface area contributed by atoms with Crippen LogP contribution in [-0.4, -0.2) is 41.9 Å². The van der Waals surface area contributed by atoms with Crippen molar-refractivity contribution in [1.29, 1.82) is 0 Å². The maximum absolute atomic E-state index is 13.1. The van der Waals surface area contributed by atoms with Gasteiger partial charge in [-0.15, -0.1) is 0 Å². The summed E-state index contributed by atoms with van der Waals surface area (Å²) in [6.07, 6.45) is 0. The van der Waals surface area contributed by atoms with E-state index in [0.29, 0.717) is 24.9 Å². The average molecular weight is 279 g/mol. The third-order valence-electron chi connectivity index (χ3n) is 4.06. The van der Waals surface area contributed by atoms with Crippen LogP contribution >= 0.6 is 0 Å². The summed E-state index contributed by atoms with van der Waals surface area (Å²) in [4.78, 5) is 24.3. The Morgan fingerprint density at radius 1 is 1.35 bits per heavy atom. The van der Waals surface area contributed by atoms with E-state index in [9.17, 15) is 19.3 Å². The van der Waals surface area contributed by atoms with Gasteiger partial charge in [0.15, 0.2) is 0 Å². The third-order valence-corrected chi connectivity index (χ3v) is 4.06. The van der Waals surface area contributed by atoms with Gasteiger partial charge in [0.2, 0.25) is 0 Å². The molecular weight excluding hydrogens is 265 g/mol. The molecule has 2 heterocycles. The third kappa shape index (κ3) is 2.14. The second-order valence-corrected chi connectivity index (χ2v) is 5.31. The minimum absolute atomic E-state index is 0.0377. The Balaban J connectivity index is 1.86. The molecule has 0 saturated carbocycles. The average Bonchev–Trinajstić information content (AvgIpc) is 2.98. The number of likely N-dealkylation sites (tertiary alicyclic amines) is 1. The Bertz CT molecular complexity index is 566. The van der Waals surface area contributed by atoms with Crippen molar-refractivity contribution in [2.45, 2.75) is 0 Å². The van der Waals surface area contributed by atoms with Gasteiger partial charge in [0.25, 0.3) is 11.6 Å². The number of nitrogens with zero attached hydrogens (tertiary/aromatic N) is 2. The molecule has 1 aromatic carbocycles. The van der Waals surface area contributed by atoms with Crippen LogP contribution in [0.25, 0.3) is 0 Å². The van der Waals surface area contributed by atoms with Crippen molar-refractivity contribution < 1.29 is 14.1 Å². The smallest absolute Gasteiger partial charge is 0.285 e. The molecular formula is C13H14FN3O3. The number of amides is 1. The van der Waals surface area contributed by atoms with E-state index in [1.165, 1.54) is 6.07 Å².